The minimum atomic E-state index is 0.240. The van der Waals surface area contributed by atoms with Crippen molar-refractivity contribution in [3.05, 3.63) is 52.9 Å². The van der Waals surface area contributed by atoms with Crippen LogP contribution in [0.15, 0.2) is 34.9 Å². The van der Waals surface area contributed by atoms with Crippen LogP contribution in [0, 0.1) is 6.92 Å². The van der Waals surface area contributed by atoms with Gasteiger partial charge in [0.1, 0.15) is 11.5 Å². The van der Waals surface area contributed by atoms with E-state index in [1.54, 1.807) is 4.68 Å². The van der Waals surface area contributed by atoms with E-state index in [2.05, 4.69) is 56.8 Å². The van der Waals surface area contributed by atoms with E-state index < -0.39 is 0 Å². The van der Waals surface area contributed by atoms with Gasteiger partial charge < -0.3 is 9.42 Å². The van der Waals surface area contributed by atoms with Gasteiger partial charge in [0.05, 0.1) is 12.6 Å². The second-order valence-corrected chi connectivity index (χ2v) is 5.88. The molecule has 3 heterocycles. The molecule has 7 heteroatoms. The molecule has 0 aliphatic carbocycles. The highest BCUT2D eigenvalue weighted by molar-refractivity contribution is 5.43. The summed E-state index contributed by atoms with van der Waals surface area (Å²) in [6, 6.07) is 10.7. The maximum Gasteiger partial charge on any atom is 0.246 e. The number of nitrogens with zero attached hydrogens (tertiary/aromatic N) is 6. The number of hydrogen-bond donors (Lipinski definition) is 0. The normalized spacial score (nSPS) is 17.3. The van der Waals surface area contributed by atoms with Gasteiger partial charge >= 0.3 is 0 Å². The third-order valence-corrected chi connectivity index (χ3v) is 4.35. The first-order chi connectivity index (χ1) is 11.2. The second kappa shape index (κ2) is 5.49. The Morgan fingerprint density at radius 1 is 1.30 bits per heavy atom. The maximum atomic E-state index is 5.12. The standard InChI is InChI=1S/C16H18N6O/c1-11-9-14(18-23-11)10-22-16(17-19-20-22)21-8-7-13-5-3-4-6-15(13)12(21)2/h3-6,9,12H,7-8,10H2,1-2H3. The molecule has 1 atom stereocenters. The van der Waals surface area contributed by atoms with Crippen LogP contribution >= 0.6 is 0 Å². The van der Waals surface area contributed by atoms with Gasteiger partial charge in [-0.05, 0) is 41.8 Å². The topological polar surface area (TPSA) is 72.9 Å². The Morgan fingerprint density at radius 3 is 3.00 bits per heavy atom. The molecular formula is C16H18N6O. The lowest BCUT2D eigenvalue weighted by Gasteiger charge is -2.35. The van der Waals surface area contributed by atoms with Crippen LogP contribution in [0.25, 0.3) is 0 Å². The minimum Gasteiger partial charge on any atom is -0.361 e. The maximum absolute atomic E-state index is 5.12. The van der Waals surface area contributed by atoms with Gasteiger partial charge in [0.25, 0.3) is 0 Å². The number of anilines is 1. The molecule has 0 fully saturated rings. The smallest absolute Gasteiger partial charge is 0.246 e. The van der Waals surface area contributed by atoms with Crippen molar-refractivity contribution in [2.75, 3.05) is 11.4 Å². The van der Waals surface area contributed by atoms with Crippen LogP contribution in [0.4, 0.5) is 5.95 Å². The molecule has 0 bridgehead atoms. The predicted molar refractivity (Wildman–Crippen MR) is 84.1 cm³/mol. The lowest BCUT2D eigenvalue weighted by Crippen LogP contribution is -2.36. The third-order valence-electron chi connectivity index (χ3n) is 4.35. The second-order valence-electron chi connectivity index (χ2n) is 5.88. The van der Waals surface area contributed by atoms with Gasteiger partial charge in [-0.15, -0.1) is 0 Å². The van der Waals surface area contributed by atoms with Gasteiger partial charge in [0, 0.05) is 12.6 Å². The zero-order valence-corrected chi connectivity index (χ0v) is 13.2. The summed E-state index contributed by atoms with van der Waals surface area (Å²) in [5.74, 6) is 1.56. The Balaban J connectivity index is 1.63. The highest BCUT2D eigenvalue weighted by atomic mass is 16.5. The average molecular weight is 310 g/mol. The van der Waals surface area contributed by atoms with Crippen molar-refractivity contribution >= 4 is 5.95 Å². The number of rotatable bonds is 3. The van der Waals surface area contributed by atoms with Gasteiger partial charge in [-0.2, -0.15) is 0 Å². The highest BCUT2D eigenvalue weighted by Crippen LogP contribution is 2.32. The summed E-state index contributed by atoms with van der Waals surface area (Å²) in [6.07, 6.45) is 0.996. The first kappa shape index (κ1) is 13.9. The number of aryl methyl sites for hydroxylation is 1. The fourth-order valence-electron chi connectivity index (χ4n) is 3.20. The Bertz CT molecular complexity index is 823. The summed E-state index contributed by atoms with van der Waals surface area (Å²) < 4.78 is 6.90. The molecule has 23 heavy (non-hydrogen) atoms. The molecule has 1 aliphatic heterocycles. The summed E-state index contributed by atoms with van der Waals surface area (Å²) in [5.41, 5.74) is 3.56. The predicted octanol–water partition coefficient (Wildman–Crippen LogP) is 2.14. The lowest BCUT2D eigenvalue weighted by molar-refractivity contribution is 0.387. The van der Waals surface area contributed by atoms with Crippen LogP contribution in [0.2, 0.25) is 0 Å². The van der Waals surface area contributed by atoms with E-state index in [4.69, 9.17) is 4.52 Å². The van der Waals surface area contributed by atoms with Crippen LogP contribution in [-0.4, -0.2) is 31.9 Å². The number of fused-ring (bicyclic) bond motifs is 1. The molecule has 0 radical (unpaired) electrons. The van der Waals surface area contributed by atoms with Gasteiger partial charge in [-0.25, -0.2) is 4.68 Å². The molecule has 0 N–H and O–H groups in total. The Hall–Kier alpha value is -2.70. The number of benzene rings is 1. The van der Waals surface area contributed by atoms with Gasteiger partial charge in [-0.1, -0.05) is 34.5 Å². The summed E-state index contributed by atoms with van der Waals surface area (Å²) in [7, 11) is 0. The molecule has 1 aromatic carbocycles. The van der Waals surface area contributed by atoms with Crippen LogP contribution in [-0.2, 0) is 13.0 Å². The summed E-state index contributed by atoms with van der Waals surface area (Å²) in [6.45, 7) is 5.47. The monoisotopic (exact) mass is 310 g/mol. The summed E-state index contributed by atoms with van der Waals surface area (Å²) in [4.78, 5) is 2.25. The van der Waals surface area contributed by atoms with E-state index >= 15 is 0 Å². The zero-order valence-electron chi connectivity index (χ0n) is 13.2. The fraction of sp³-hybridized carbons (Fsp3) is 0.375. The van der Waals surface area contributed by atoms with Crippen LogP contribution in [0.3, 0.4) is 0 Å². The van der Waals surface area contributed by atoms with E-state index in [-0.39, 0.29) is 6.04 Å². The van der Waals surface area contributed by atoms with Gasteiger partial charge in [0.2, 0.25) is 5.95 Å². The molecule has 2 aromatic heterocycles. The first-order valence-corrected chi connectivity index (χ1v) is 7.75. The van der Waals surface area contributed by atoms with Crippen molar-refractivity contribution in [2.24, 2.45) is 0 Å². The van der Waals surface area contributed by atoms with Crippen LogP contribution in [0.1, 0.15) is 35.5 Å². The molecule has 7 nitrogen and oxygen atoms in total. The molecular weight excluding hydrogens is 292 g/mol. The van der Waals surface area contributed by atoms with Crippen molar-refractivity contribution in [1.82, 2.24) is 25.4 Å². The molecule has 118 valence electrons. The molecule has 0 saturated heterocycles. The Kier molecular flexibility index (Phi) is 3.33. The fourth-order valence-corrected chi connectivity index (χ4v) is 3.20. The van der Waals surface area contributed by atoms with Crippen LogP contribution in [0.5, 0.6) is 0 Å². The van der Waals surface area contributed by atoms with Crippen molar-refractivity contribution in [3.8, 4) is 0 Å². The lowest BCUT2D eigenvalue weighted by atomic mass is 9.94. The van der Waals surface area contributed by atoms with Crippen molar-refractivity contribution in [2.45, 2.75) is 32.9 Å². The number of aromatic nitrogens is 5. The van der Waals surface area contributed by atoms with Crippen molar-refractivity contribution in [1.29, 1.82) is 0 Å². The van der Waals surface area contributed by atoms with Gasteiger partial charge in [-0.3, -0.25) is 0 Å². The SMILES string of the molecule is Cc1cc(Cn2nnnc2N2CCc3ccccc3C2C)no1. The number of tetrazole rings is 1. The average Bonchev–Trinajstić information content (AvgIpc) is 3.18. The molecule has 1 aliphatic rings. The van der Waals surface area contributed by atoms with Crippen LogP contribution < -0.4 is 4.90 Å². The molecule has 4 rings (SSSR count). The number of hydrogen-bond acceptors (Lipinski definition) is 6. The quantitative estimate of drug-likeness (QED) is 0.738. The van der Waals surface area contributed by atoms with E-state index in [9.17, 15) is 0 Å². The van der Waals surface area contributed by atoms with E-state index in [1.165, 1.54) is 11.1 Å². The van der Waals surface area contributed by atoms with E-state index in [0.717, 1.165) is 30.4 Å². The van der Waals surface area contributed by atoms with Crippen molar-refractivity contribution in [3.63, 3.8) is 0 Å². The molecule has 0 amide bonds. The molecule has 3 aromatic rings. The largest absolute Gasteiger partial charge is 0.361 e. The molecule has 1 unspecified atom stereocenters. The first-order valence-electron chi connectivity index (χ1n) is 7.75. The van der Waals surface area contributed by atoms with E-state index in [0.29, 0.717) is 6.54 Å². The Morgan fingerprint density at radius 2 is 2.17 bits per heavy atom. The highest BCUT2D eigenvalue weighted by Gasteiger charge is 2.27. The molecule has 0 spiro atoms. The minimum absolute atomic E-state index is 0.240. The third kappa shape index (κ3) is 2.48. The van der Waals surface area contributed by atoms with E-state index in [1.807, 2.05) is 13.0 Å². The van der Waals surface area contributed by atoms with Gasteiger partial charge in [0.15, 0.2) is 0 Å². The summed E-state index contributed by atoms with van der Waals surface area (Å²) >= 11 is 0. The Labute approximate surface area is 133 Å². The molecule has 0 saturated carbocycles. The van der Waals surface area contributed by atoms with Crippen molar-refractivity contribution < 1.29 is 4.52 Å². The summed E-state index contributed by atoms with van der Waals surface area (Å²) in [5, 5.41) is 16.2. The zero-order chi connectivity index (χ0) is 15.8.